The molecule has 0 fully saturated rings. The van der Waals surface area contributed by atoms with Crippen LogP contribution in [0.5, 0.6) is 0 Å². The number of hydrogen-bond acceptors (Lipinski definition) is 2. The second-order valence-electron chi connectivity index (χ2n) is 1.71. The van der Waals surface area contributed by atoms with Gasteiger partial charge in [-0.1, -0.05) is 6.08 Å². The second kappa shape index (κ2) is 3.83. The highest BCUT2D eigenvalue weighted by atomic mass is 31.2. The maximum atomic E-state index is 10.4. The van der Waals surface area contributed by atoms with Gasteiger partial charge in [0, 0.05) is 6.66 Å². The van der Waals surface area contributed by atoms with Crippen LogP contribution >= 0.6 is 7.60 Å². The first kappa shape index (κ1) is 8.89. The molecule has 0 aliphatic carbocycles. The van der Waals surface area contributed by atoms with Crippen molar-refractivity contribution in [1.82, 2.24) is 0 Å². The summed E-state index contributed by atoms with van der Waals surface area (Å²) in [6, 6.07) is 0. The smallest absolute Gasteiger partial charge is 0.324 e. The Morgan fingerprint density at radius 1 is 1.89 bits per heavy atom. The molecule has 0 rings (SSSR count). The van der Waals surface area contributed by atoms with Crippen molar-refractivity contribution in [1.29, 1.82) is 0 Å². The van der Waals surface area contributed by atoms with Crippen LogP contribution in [0.2, 0.25) is 0 Å². The van der Waals surface area contributed by atoms with Gasteiger partial charge in [0.25, 0.3) is 0 Å². The zero-order chi connectivity index (χ0) is 7.33. The van der Waals surface area contributed by atoms with E-state index in [9.17, 15) is 4.57 Å². The lowest BCUT2D eigenvalue weighted by Crippen LogP contribution is -1.88. The SMILES string of the molecule is C=CCCOP(C)(=O)O. The molecule has 0 aliphatic rings. The minimum atomic E-state index is -3.24. The van der Waals surface area contributed by atoms with Crippen LogP contribution in [0.1, 0.15) is 6.42 Å². The summed E-state index contributed by atoms with van der Waals surface area (Å²) in [4.78, 5) is 8.54. The molecule has 3 nitrogen and oxygen atoms in total. The third-order valence-corrected chi connectivity index (χ3v) is 1.31. The van der Waals surface area contributed by atoms with E-state index < -0.39 is 7.60 Å². The Labute approximate surface area is 54.9 Å². The van der Waals surface area contributed by atoms with E-state index in [1.165, 1.54) is 0 Å². The van der Waals surface area contributed by atoms with Crippen LogP contribution in [0.15, 0.2) is 12.7 Å². The number of rotatable bonds is 4. The van der Waals surface area contributed by atoms with Crippen LogP contribution in [0.3, 0.4) is 0 Å². The van der Waals surface area contributed by atoms with Crippen molar-refractivity contribution in [2.45, 2.75) is 6.42 Å². The van der Waals surface area contributed by atoms with E-state index in [1.54, 1.807) is 6.08 Å². The molecule has 0 radical (unpaired) electrons. The molecule has 0 aliphatic heterocycles. The molecule has 0 amide bonds. The summed E-state index contributed by atoms with van der Waals surface area (Å²) in [5.41, 5.74) is 0. The summed E-state index contributed by atoms with van der Waals surface area (Å²) in [5, 5.41) is 0. The Balaban J connectivity index is 3.28. The van der Waals surface area contributed by atoms with Crippen LogP contribution in [-0.4, -0.2) is 18.2 Å². The largest absolute Gasteiger partial charge is 0.325 e. The van der Waals surface area contributed by atoms with Crippen molar-refractivity contribution in [2.24, 2.45) is 0 Å². The van der Waals surface area contributed by atoms with Gasteiger partial charge in [0.2, 0.25) is 0 Å². The zero-order valence-corrected chi connectivity index (χ0v) is 6.30. The predicted molar refractivity (Wildman–Crippen MR) is 36.5 cm³/mol. The molecular formula is C5H11O3P. The van der Waals surface area contributed by atoms with E-state index in [4.69, 9.17) is 4.89 Å². The molecule has 1 N–H and O–H groups in total. The van der Waals surface area contributed by atoms with E-state index in [1.807, 2.05) is 0 Å². The van der Waals surface area contributed by atoms with Crippen molar-refractivity contribution in [3.05, 3.63) is 12.7 Å². The maximum absolute atomic E-state index is 10.4. The van der Waals surface area contributed by atoms with Gasteiger partial charge in [-0.3, -0.25) is 4.57 Å². The van der Waals surface area contributed by atoms with E-state index in [-0.39, 0.29) is 6.61 Å². The quantitative estimate of drug-likeness (QED) is 0.374. The van der Waals surface area contributed by atoms with Crippen molar-refractivity contribution in [2.75, 3.05) is 13.3 Å². The number of hydrogen-bond donors (Lipinski definition) is 1. The average Bonchev–Trinajstić information content (AvgIpc) is 1.63. The van der Waals surface area contributed by atoms with Crippen LogP contribution < -0.4 is 0 Å². The van der Waals surface area contributed by atoms with Gasteiger partial charge in [0.1, 0.15) is 0 Å². The summed E-state index contributed by atoms with van der Waals surface area (Å²) in [6.45, 7) is 4.86. The lowest BCUT2D eigenvalue weighted by Gasteiger charge is -2.03. The molecule has 0 heterocycles. The summed E-state index contributed by atoms with van der Waals surface area (Å²) in [6.07, 6.45) is 2.24. The molecule has 0 saturated carbocycles. The minimum Gasteiger partial charge on any atom is -0.324 e. The lowest BCUT2D eigenvalue weighted by atomic mass is 10.5. The first-order chi connectivity index (χ1) is 4.06. The zero-order valence-electron chi connectivity index (χ0n) is 5.41. The van der Waals surface area contributed by atoms with Crippen LogP contribution in [0.4, 0.5) is 0 Å². The molecule has 0 spiro atoms. The summed E-state index contributed by atoms with van der Waals surface area (Å²) >= 11 is 0. The fraction of sp³-hybridized carbons (Fsp3) is 0.600. The standard InChI is InChI=1S/C5H11O3P/c1-3-4-5-8-9(2,6)7/h3H,1,4-5H2,2H3,(H,6,7). The summed E-state index contributed by atoms with van der Waals surface area (Å²) in [5.74, 6) is 0. The molecule has 0 aromatic heterocycles. The molecule has 1 unspecified atom stereocenters. The average molecular weight is 150 g/mol. The molecule has 9 heavy (non-hydrogen) atoms. The predicted octanol–water partition coefficient (Wildman–Crippen LogP) is 1.39. The molecule has 1 atom stereocenters. The van der Waals surface area contributed by atoms with Gasteiger partial charge >= 0.3 is 7.60 Å². The maximum Gasteiger partial charge on any atom is 0.325 e. The van der Waals surface area contributed by atoms with Crippen LogP contribution in [0, 0.1) is 0 Å². The Bertz CT molecular complexity index is 126. The van der Waals surface area contributed by atoms with Crippen LogP contribution in [0.25, 0.3) is 0 Å². The Kier molecular flexibility index (Phi) is 3.78. The van der Waals surface area contributed by atoms with Gasteiger partial charge in [0.15, 0.2) is 0 Å². The lowest BCUT2D eigenvalue weighted by molar-refractivity contribution is 0.270. The van der Waals surface area contributed by atoms with Crippen molar-refractivity contribution in [3.8, 4) is 0 Å². The third-order valence-electron chi connectivity index (χ3n) is 0.653. The topological polar surface area (TPSA) is 46.5 Å². The molecular weight excluding hydrogens is 139 g/mol. The molecule has 0 aromatic carbocycles. The third kappa shape index (κ3) is 7.89. The Morgan fingerprint density at radius 3 is 2.78 bits per heavy atom. The van der Waals surface area contributed by atoms with Gasteiger partial charge in [-0.05, 0) is 6.42 Å². The van der Waals surface area contributed by atoms with Crippen molar-refractivity contribution >= 4 is 7.60 Å². The van der Waals surface area contributed by atoms with E-state index in [0.717, 1.165) is 6.66 Å². The van der Waals surface area contributed by atoms with Gasteiger partial charge in [-0.15, -0.1) is 6.58 Å². The fourth-order valence-corrected chi connectivity index (χ4v) is 0.750. The summed E-state index contributed by atoms with van der Waals surface area (Å²) in [7, 11) is -3.24. The Morgan fingerprint density at radius 2 is 2.44 bits per heavy atom. The first-order valence-electron chi connectivity index (χ1n) is 2.62. The van der Waals surface area contributed by atoms with Gasteiger partial charge in [-0.25, -0.2) is 0 Å². The molecule has 0 aromatic rings. The van der Waals surface area contributed by atoms with Gasteiger partial charge < -0.3 is 9.42 Å². The molecule has 0 saturated heterocycles. The highest BCUT2D eigenvalue weighted by molar-refractivity contribution is 7.51. The van der Waals surface area contributed by atoms with Gasteiger partial charge in [-0.2, -0.15) is 0 Å². The molecule has 0 bridgehead atoms. The first-order valence-corrected chi connectivity index (χ1v) is 4.64. The van der Waals surface area contributed by atoms with Crippen molar-refractivity contribution in [3.63, 3.8) is 0 Å². The highest BCUT2D eigenvalue weighted by Gasteiger charge is 2.07. The van der Waals surface area contributed by atoms with E-state index in [0.29, 0.717) is 6.42 Å². The molecule has 4 heteroatoms. The van der Waals surface area contributed by atoms with E-state index >= 15 is 0 Å². The highest BCUT2D eigenvalue weighted by Crippen LogP contribution is 2.36. The normalized spacial score (nSPS) is 16.7. The summed E-state index contributed by atoms with van der Waals surface area (Å²) < 4.78 is 14.9. The monoisotopic (exact) mass is 150 g/mol. The fourth-order valence-electron chi connectivity index (χ4n) is 0.305. The second-order valence-corrected chi connectivity index (χ2v) is 3.58. The van der Waals surface area contributed by atoms with Crippen LogP contribution in [-0.2, 0) is 9.09 Å². The van der Waals surface area contributed by atoms with Gasteiger partial charge in [0.05, 0.1) is 6.61 Å². The minimum absolute atomic E-state index is 0.272. The molecule has 54 valence electrons. The van der Waals surface area contributed by atoms with E-state index in [2.05, 4.69) is 11.1 Å². The van der Waals surface area contributed by atoms with Crippen molar-refractivity contribution < 1.29 is 14.0 Å². The Hall–Kier alpha value is -0.110.